The largest absolute Gasteiger partial charge is 0.345 e. The van der Waals surface area contributed by atoms with Gasteiger partial charge >= 0.3 is 11.8 Å². The average molecular weight is 375 g/mol. The van der Waals surface area contributed by atoms with Crippen LogP contribution in [0.2, 0.25) is 5.02 Å². The Morgan fingerprint density at radius 2 is 1.65 bits per heavy atom. The second kappa shape index (κ2) is 6.56. The number of carbonyl (C=O) groups excluding carboxylic acids is 2. The molecule has 0 saturated heterocycles. The Bertz CT molecular complexity index is 710. The topological polar surface area (TPSA) is 58.2 Å². The predicted molar refractivity (Wildman–Crippen MR) is 103 cm³/mol. The van der Waals surface area contributed by atoms with Crippen molar-refractivity contribution in [3.8, 4) is 0 Å². The molecule has 0 aromatic heterocycles. The molecule has 1 aromatic carbocycles. The smallest absolute Gasteiger partial charge is 0.313 e. The zero-order chi connectivity index (χ0) is 18.5. The van der Waals surface area contributed by atoms with Crippen LogP contribution >= 0.6 is 11.6 Å². The molecule has 4 aliphatic carbocycles. The summed E-state index contributed by atoms with van der Waals surface area (Å²) in [6.45, 7) is 3.98. The number of nitrogens with one attached hydrogen (secondary N) is 2. The van der Waals surface area contributed by atoms with Gasteiger partial charge in [0.2, 0.25) is 0 Å². The predicted octanol–water partition coefficient (Wildman–Crippen LogP) is 4.31. The van der Waals surface area contributed by atoms with Crippen LogP contribution < -0.4 is 10.6 Å². The normalized spacial score (nSPS) is 33.0. The molecule has 5 rings (SSSR count). The maximum Gasteiger partial charge on any atom is 0.313 e. The van der Waals surface area contributed by atoms with Gasteiger partial charge in [-0.2, -0.15) is 0 Å². The maximum absolute atomic E-state index is 12.4. The van der Waals surface area contributed by atoms with Crippen LogP contribution in [0.1, 0.15) is 51.0 Å². The molecule has 1 unspecified atom stereocenters. The molecule has 2 N–H and O–H groups in total. The molecule has 1 atom stereocenters. The fourth-order valence-corrected chi connectivity index (χ4v) is 6.16. The highest BCUT2D eigenvalue weighted by atomic mass is 35.5. The lowest BCUT2D eigenvalue weighted by Gasteiger charge is -2.59. The van der Waals surface area contributed by atoms with E-state index < -0.39 is 11.8 Å². The molecule has 1 aromatic rings. The van der Waals surface area contributed by atoms with E-state index >= 15 is 0 Å². The summed E-state index contributed by atoms with van der Waals surface area (Å²) in [5.41, 5.74) is 1.67. The van der Waals surface area contributed by atoms with Crippen molar-refractivity contribution in [3.63, 3.8) is 0 Å². The van der Waals surface area contributed by atoms with Crippen LogP contribution in [0.5, 0.6) is 0 Å². The van der Waals surface area contributed by atoms with E-state index in [1.54, 1.807) is 12.1 Å². The van der Waals surface area contributed by atoms with E-state index in [1.165, 1.54) is 38.5 Å². The summed E-state index contributed by atoms with van der Waals surface area (Å²) < 4.78 is 0. The number of aryl methyl sites for hydroxylation is 1. The third-order valence-electron chi connectivity index (χ3n) is 6.99. The highest BCUT2D eigenvalue weighted by molar-refractivity contribution is 6.40. The Morgan fingerprint density at radius 1 is 1.08 bits per heavy atom. The second-order valence-corrected chi connectivity index (χ2v) is 9.30. The number of hydrogen-bond acceptors (Lipinski definition) is 2. The van der Waals surface area contributed by atoms with Crippen molar-refractivity contribution in [1.82, 2.24) is 5.32 Å². The minimum atomic E-state index is -0.624. The second-order valence-electron chi connectivity index (χ2n) is 8.89. The van der Waals surface area contributed by atoms with E-state index in [-0.39, 0.29) is 11.5 Å². The molecule has 4 nitrogen and oxygen atoms in total. The molecule has 4 aliphatic rings. The minimum absolute atomic E-state index is 0.0377. The van der Waals surface area contributed by atoms with Gasteiger partial charge in [0.05, 0.1) is 0 Å². The van der Waals surface area contributed by atoms with Crippen molar-refractivity contribution in [3.05, 3.63) is 28.8 Å². The van der Waals surface area contributed by atoms with Crippen molar-refractivity contribution < 1.29 is 9.59 Å². The molecule has 2 amide bonds. The summed E-state index contributed by atoms with van der Waals surface area (Å²) in [5.74, 6) is 1.30. The van der Waals surface area contributed by atoms with Crippen molar-refractivity contribution >= 4 is 29.1 Å². The number of rotatable bonds is 3. The molecule has 0 radical (unpaired) electrons. The SMILES string of the molecule is Cc1ccc(NC(=O)C(=O)NC(C)C23CC4CC(CC(C4)C2)C3)cc1Cl. The molecular weight excluding hydrogens is 348 g/mol. The third kappa shape index (κ3) is 3.24. The lowest BCUT2D eigenvalue weighted by Crippen LogP contribution is -2.57. The highest BCUT2D eigenvalue weighted by Crippen LogP contribution is 2.61. The maximum atomic E-state index is 12.4. The first-order chi connectivity index (χ1) is 12.3. The van der Waals surface area contributed by atoms with Gasteiger partial charge < -0.3 is 10.6 Å². The highest BCUT2D eigenvalue weighted by Gasteiger charge is 2.53. The Labute approximate surface area is 160 Å². The molecule has 4 fully saturated rings. The molecule has 140 valence electrons. The Morgan fingerprint density at radius 3 is 2.19 bits per heavy atom. The molecule has 0 spiro atoms. The zero-order valence-corrected chi connectivity index (χ0v) is 16.2. The number of carbonyl (C=O) groups is 2. The molecule has 4 bridgehead atoms. The fourth-order valence-electron chi connectivity index (χ4n) is 5.98. The first-order valence-corrected chi connectivity index (χ1v) is 10.1. The number of benzene rings is 1. The Balaban J connectivity index is 1.39. The zero-order valence-electron chi connectivity index (χ0n) is 15.5. The van der Waals surface area contributed by atoms with E-state index in [0.29, 0.717) is 10.7 Å². The van der Waals surface area contributed by atoms with Gasteiger partial charge in [0, 0.05) is 16.8 Å². The molecule has 0 heterocycles. The van der Waals surface area contributed by atoms with Gasteiger partial charge in [-0.3, -0.25) is 9.59 Å². The van der Waals surface area contributed by atoms with E-state index in [4.69, 9.17) is 11.6 Å². The van der Waals surface area contributed by atoms with E-state index in [2.05, 4.69) is 17.6 Å². The lowest BCUT2D eigenvalue weighted by atomic mass is 9.48. The van der Waals surface area contributed by atoms with Crippen molar-refractivity contribution in [2.24, 2.45) is 23.2 Å². The standard InChI is InChI=1S/C21H27ClN2O2/c1-12-3-4-17(8-18(12)22)24-20(26)19(25)23-13(2)21-9-14-5-15(10-21)7-16(6-14)11-21/h3-4,8,13-16H,5-7,9-11H2,1-2H3,(H,23,25)(H,24,26). The van der Waals surface area contributed by atoms with Gasteiger partial charge in [-0.25, -0.2) is 0 Å². The summed E-state index contributed by atoms with van der Waals surface area (Å²) in [4.78, 5) is 24.8. The number of amides is 2. The molecule has 26 heavy (non-hydrogen) atoms. The first kappa shape index (κ1) is 17.8. The van der Waals surface area contributed by atoms with Gasteiger partial charge in [0.25, 0.3) is 0 Å². The van der Waals surface area contributed by atoms with Gasteiger partial charge in [-0.1, -0.05) is 17.7 Å². The van der Waals surface area contributed by atoms with Crippen LogP contribution in [0.4, 0.5) is 5.69 Å². The number of halogens is 1. The summed E-state index contributed by atoms with van der Waals surface area (Å²) in [7, 11) is 0. The molecule has 5 heteroatoms. The first-order valence-electron chi connectivity index (χ1n) is 9.72. The van der Waals surface area contributed by atoms with Gasteiger partial charge in [0.1, 0.15) is 0 Å². The summed E-state index contributed by atoms with van der Waals surface area (Å²) >= 11 is 6.09. The van der Waals surface area contributed by atoms with Gasteiger partial charge in [-0.05, 0) is 93.2 Å². The summed E-state index contributed by atoms with van der Waals surface area (Å²) in [5, 5.41) is 6.23. The van der Waals surface area contributed by atoms with Gasteiger partial charge in [0.15, 0.2) is 0 Å². The van der Waals surface area contributed by atoms with E-state index in [9.17, 15) is 9.59 Å². The van der Waals surface area contributed by atoms with Crippen molar-refractivity contribution in [2.45, 2.75) is 58.4 Å². The lowest BCUT2D eigenvalue weighted by molar-refractivity contribution is -0.138. The van der Waals surface area contributed by atoms with Crippen LogP contribution in [-0.2, 0) is 9.59 Å². The van der Waals surface area contributed by atoms with Crippen molar-refractivity contribution in [2.75, 3.05) is 5.32 Å². The summed E-state index contributed by atoms with van der Waals surface area (Å²) in [6.07, 6.45) is 7.72. The molecule has 0 aliphatic heterocycles. The van der Waals surface area contributed by atoms with E-state index in [0.717, 1.165) is 23.3 Å². The number of hydrogen-bond donors (Lipinski definition) is 2. The molecular formula is C21H27ClN2O2. The van der Waals surface area contributed by atoms with Crippen LogP contribution in [-0.4, -0.2) is 17.9 Å². The quantitative estimate of drug-likeness (QED) is 0.774. The Kier molecular flexibility index (Phi) is 4.50. The summed E-state index contributed by atoms with van der Waals surface area (Å²) in [6, 6.07) is 5.30. The molecule has 4 saturated carbocycles. The number of anilines is 1. The van der Waals surface area contributed by atoms with Crippen LogP contribution in [0.3, 0.4) is 0 Å². The van der Waals surface area contributed by atoms with Crippen LogP contribution in [0, 0.1) is 30.1 Å². The average Bonchev–Trinajstić information content (AvgIpc) is 2.57. The fraction of sp³-hybridized carbons (Fsp3) is 0.619. The van der Waals surface area contributed by atoms with Crippen LogP contribution in [0.15, 0.2) is 18.2 Å². The van der Waals surface area contributed by atoms with Crippen molar-refractivity contribution in [1.29, 1.82) is 0 Å². The Hall–Kier alpha value is -1.55. The third-order valence-corrected chi connectivity index (χ3v) is 7.39. The minimum Gasteiger partial charge on any atom is -0.345 e. The van der Waals surface area contributed by atoms with E-state index in [1.807, 2.05) is 13.0 Å². The van der Waals surface area contributed by atoms with Gasteiger partial charge in [-0.15, -0.1) is 0 Å². The monoisotopic (exact) mass is 374 g/mol. The van der Waals surface area contributed by atoms with Crippen LogP contribution in [0.25, 0.3) is 0 Å².